The van der Waals surface area contributed by atoms with Crippen LogP contribution in [-0.2, 0) is 0 Å². The number of carbonyl (C=O) groups excluding carboxylic acids is 1. The molecule has 4 nitrogen and oxygen atoms in total. The molecule has 3 rings (SSSR count). The molecule has 103 valence electrons. The Labute approximate surface area is 122 Å². The first-order valence-corrected chi connectivity index (χ1v) is 6.47. The summed E-state index contributed by atoms with van der Waals surface area (Å²) >= 11 is 0. The minimum absolute atomic E-state index is 0.449. The number of nitrogens with zero attached hydrogens (tertiary/aromatic N) is 1. The number of primary amides is 1. The zero-order valence-electron chi connectivity index (χ0n) is 11.5. The fourth-order valence-electron chi connectivity index (χ4n) is 2.28. The third-order valence-corrected chi connectivity index (χ3v) is 3.34. The van der Waals surface area contributed by atoms with E-state index in [0.29, 0.717) is 11.5 Å². The van der Waals surface area contributed by atoms with Crippen LogP contribution < -0.4 is 5.73 Å². The van der Waals surface area contributed by atoms with Crippen molar-refractivity contribution >= 4 is 5.91 Å². The van der Waals surface area contributed by atoms with Crippen molar-refractivity contribution < 1.29 is 9.21 Å². The quantitative estimate of drug-likeness (QED) is 0.799. The Morgan fingerprint density at radius 1 is 1.29 bits per heavy atom. The molecule has 0 bridgehead atoms. The van der Waals surface area contributed by atoms with Gasteiger partial charge in [0.1, 0.15) is 6.26 Å². The van der Waals surface area contributed by atoms with E-state index in [1.807, 2.05) is 31.2 Å². The highest BCUT2D eigenvalue weighted by Gasteiger charge is 2.13. The fourth-order valence-corrected chi connectivity index (χ4v) is 2.28. The zero-order chi connectivity index (χ0) is 14.8. The summed E-state index contributed by atoms with van der Waals surface area (Å²) in [5.41, 5.74) is 9.49. The van der Waals surface area contributed by atoms with Crippen LogP contribution in [0, 0.1) is 13.0 Å². The minimum atomic E-state index is -0.470. The first kappa shape index (κ1) is 13.1. The van der Waals surface area contributed by atoms with Gasteiger partial charge < -0.3 is 10.2 Å². The lowest BCUT2D eigenvalue weighted by Crippen LogP contribution is -2.12. The summed E-state index contributed by atoms with van der Waals surface area (Å²) in [7, 11) is 0. The number of hydrogen-bond acceptors (Lipinski definition) is 3. The van der Waals surface area contributed by atoms with Crippen LogP contribution in [0.4, 0.5) is 0 Å². The predicted octanol–water partition coefficient (Wildman–Crippen LogP) is 3.22. The summed E-state index contributed by atoms with van der Waals surface area (Å²) < 4.78 is 5.32. The number of nitrogens with two attached hydrogens (primary N) is 1. The van der Waals surface area contributed by atoms with E-state index >= 15 is 0 Å². The number of amides is 1. The van der Waals surface area contributed by atoms with Crippen LogP contribution in [0.15, 0.2) is 53.3 Å². The van der Waals surface area contributed by atoms with E-state index in [-0.39, 0.29) is 0 Å². The van der Waals surface area contributed by atoms with Gasteiger partial charge in [0.05, 0.1) is 6.20 Å². The highest BCUT2D eigenvalue weighted by Crippen LogP contribution is 2.30. The average Bonchev–Trinajstić information content (AvgIpc) is 3.02. The monoisotopic (exact) mass is 277 g/mol. The van der Waals surface area contributed by atoms with Crippen molar-refractivity contribution in [2.75, 3.05) is 0 Å². The van der Waals surface area contributed by atoms with Gasteiger partial charge >= 0.3 is 0 Å². The highest BCUT2D eigenvalue weighted by molar-refractivity contribution is 6.00. The van der Waals surface area contributed by atoms with Crippen LogP contribution in [0.5, 0.6) is 0 Å². The number of aryl methyl sites for hydroxylation is 1. The number of aromatic nitrogens is 1. The van der Waals surface area contributed by atoms with Crippen molar-refractivity contribution in [2.45, 2.75) is 6.92 Å². The van der Waals surface area contributed by atoms with Crippen molar-refractivity contribution in [3.05, 3.63) is 66.1 Å². The lowest BCUT2D eigenvalue weighted by atomic mass is 9.94. The second-order valence-electron chi connectivity index (χ2n) is 4.70. The Morgan fingerprint density at radius 2 is 2.14 bits per heavy atom. The molecule has 0 aliphatic carbocycles. The van der Waals surface area contributed by atoms with E-state index in [1.54, 1.807) is 18.3 Å². The second kappa shape index (κ2) is 5.25. The summed E-state index contributed by atoms with van der Waals surface area (Å²) in [5, 5.41) is 0. The topological polar surface area (TPSA) is 69.1 Å². The Kier molecular flexibility index (Phi) is 3.28. The summed E-state index contributed by atoms with van der Waals surface area (Å²) in [6, 6.07) is 13.9. The van der Waals surface area contributed by atoms with E-state index in [4.69, 9.17) is 10.2 Å². The standard InChI is InChI=1S/C17H13N2O2/c1-11-6-7-12(17-19-8-9-21-17)10-15(11)13-4-2-3-5-14(13)16(18)20/h2,4-10H,1H3,(H2,18,20). The van der Waals surface area contributed by atoms with E-state index in [9.17, 15) is 4.79 Å². The summed E-state index contributed by atoms with van der Waals surface area (Å²) in [6.07, 6.45) is 3.13. The van der Waals surface area contributed by atoms with E-state index in [2.05, 4.69) is 11.1 Å². The van der Waals surface area contributed by atoms with Crippen molar-refractivity contribution in [3.63, 3.8) is 0 Å². The van der Waals surface area contributed by atoms with Gasteiger partial charge in [-0.25, -0.2) is 4.98 Å². The van der Waals surface area contributed by atoms with Gasteiger partial charge in [-0.3, -0.25) is 4.79 Å². The van der Waals surface area contributed by atoms with Gasteiger partial charge in [0.25, 0.3) is 0 Å². The predicted molar refractivity (Wildman–Crippen MR) is 79.5 cm³/mol. The molecule has 0 aliphatic heterocycles. The van der Waals surface area contributed by atoms with Crippen LogP contribution in [0.25, 0.3) is 22.6 Å². The molecule has 2 N–H and O–H groups in total. The molecule has 4 heteroatoms. The lowest BCUT2D eigenvalue weighted by molar-refractivity contribution is 0.100. The van der Waals surface area contributed by atoms with Gasteiger partial charge in [-0.2, -0.15) is 0 Å². The first-order chi connectivity index (χ1) is 10.2. The molecule has 0 unspecified atom stereocenters. The lowest BCUT2D eigenvalue weighted by Gasteiger charge is -2.11. The van der Waals surface area contributed by atoms with Gasteiger partial charge in [0.15, 0.2) is 0 Å². The fraction of sp³-hybridized carbons (Fsp3) is 0.0588. The van der Waals surface area contributed by atoms with Crippen molar-refractivity contribution in [3.8, 4) is 22.6 Å². The van der Waals surface area contributed by atoms with Gasteiger partial charge in [0.2, 0.25) is 11.8 Å². The molecule has 0 atom stereocenters. The van der Waals surface area contributed by atoms with Crippen LogP contribution >= 0.6 is 0 Å². The minimum Gasteiger partial charge on any atom is -0.445 e. The highest BCUT2D eigenvalue weighted by atomic mass is 16.3. The Hall–Kier alpha value is -2.88. The SMILES string of the molecule is Cc1ccc(-c2ncco2)cc1-c1cc[c]cc1C(N)=O. The smallest absolute Gasteiger partial charge is 0.249 e. The number of carbonyl (C=O) groups is 1. The Bertz CT molecular complexity index is 792. The van der Waals surface area contributed by atoms with Crippen LogP contribution in [0.1, 0.15) is 15.9 Å². The van der Waals surface area contributed by atoms with Crippen LogP contribution in [0.3, 0.4) is 0 Å². The summed E-state index contributed by atoms with van der Waals surface area (Å²) in [4.78, 5) is 15.7. The molecule has 1 aromatic heterocycles. The normalized spacial score (nSPS) is 10.5. The average molecular weight is 277 g/mol. The molecule has 1 heterocycles. The Morgan fingerprint density at radius 3 is 2.86 bits per heavy atom. The summed E-state index contributed by atoms with van der Waals surface area (Å²) in [6.45, 7) is 1.98. The molecule has 0 fully saturated rings. The van der Waals surface area contributed by atoms with E-state index < -0.39 is 5.91 Å². The number of rotatable bonds is 3. The van der Waals surface area contributed by atoms with E-state index in [1.165, 1.54) is 6.26 Å². The van der Waals surface area contributed by atoms with Gasteiger partial charge in [-0.05, 0) is 47.9 Å². The van der Waals surface area contributed by atoms with Gasteiger partial charge in [0, 0.05) is 11.1 Å². The maximum atomic E-state index is 11.6. The zero-order valence-corrected chi connectivity index (χ0v) is 11.5. The maximum absolute atomic E-state index is 11.6. The molecule has 0 aliphatic rings. The second-order valence-corrected chi connectivity index (χ2v) is 4.70. The summed E-state index contributed by atoms with van der Waals surface area (Å²) in [5.74, 6) is 0.0714. The molecule has 0 spiro atoms. The Balaban J connectivity index is 2.19. The molecule has 0 saturated carbocycles. The maximum Gasteiger partial charge on any atom is 0.249 e. The first-order valence-electron chi connectivity index (χ1n) is 6.47. The van der Waals surface area contributed by atoms with Crippen molar-refractivity contribution in [2.24, 2.45) is 5.73 Å². The molecule has 1 amide bonds. The van der Waals surface area contributed by atoms with Crippen molar-refractivity contribution in [1.82, 2.24) is 4.98 Å². The molecule has 3 aromatic rings. The van der Waals surface area contributed by atoms with Gasteiger partial charge in [-0.15, -0.1) is 0 Å². The molecular weight excluding hydrogens is 264 g/mol. The molecular formula is C17H13N2O2. The number of hydrogen-bond donors (Lipinski definition) is 1. The van der Waals surface area contributed by atoms with Crippen molar-refractivity contribution in [1.29, 1.82) is 0 Å². The number of benzene rings is 2. The molecule has 0 saturated heterocycles. The van der Waals surface area contributed by atoms with E-state index in [0.717, 1.165) is 22.3 Å². The van der Waals surface area contributed by atoms with Crippen LogP contribution in [0.2, 0.25) is 0 Å². The third-order valence-electron chi connectivity index (χ3n) is 3.34. The van der Waals surface area contributed by atoms with Gasteiger partial charge in [-0.1, -0.05) is 18.2 Å². The third kappa shape index (κ3) is 2.43. The molecule has 21 heavy (non-hydrogen) atoms. The number of oxazole rings is 1. The molecule has 2 aromatic carbocycles. The molecule has 1 radical (unpaired) electrons. The van der Waals surface area contributed by atoms with Crippen LogP contribution in [-0.4, -0.2) is 10.9 Å². The largest absolute Gasteiger partial charge is 0.445 e.